The van der Waals surface area contributed by atoms with Crippen molar-refractivity contribution in [3.8, 4) is 11.5 Å². The van der Waals surface area contributed by atoms with E-state index in [2.05, 4.69) is 5.32 Å². The molecule has 1 aromatic carbocycles. The van der Waals surface area contributed by atoms with Crippen LogP contribution in [0.2, 0.25) is 0 Å². The van der Waals surface area contributed by atoms with Gasteiger partial charge in [-0.15, -0.1) is 0 Å². The number of hydrogen-bond donors (Lipinski definition) is 1. The van der Waals surface area contributed by atoms with Crippen LogP contribution in [0.3, 0.4) is 0 Å². The molecule has 1 N–H and O–H groups in total. The molecule has 0 radical (unpaired) electrons. The molecule has 1 fully saturated rings. The molecule has 0 atom stereocenters. The van der Waals surface area contributed by atoms with E-state index in [0.29, 0.717) is 17.1 Å². The Morgan fingerprint density at radius 3 is 2.59 bits per heavy atom. The molecule has 118 valence electrons. The van der Waals surface area contributed by atoms with Gasteiger partial charge in [-0.1, -0.05) is 11.8 Å². The van der Waals surface area contributed by atoms with E-state index < -0.39 is 0 Å². The van der Waals surface area contributed by atoms with Gasteiger partial charge in [0.05, 0.1) is 20.0 Å². The number of carbonyl (C=O) groups excluding carboxylic acids is 3. The van der Waals surface area contributed by atoms with Gasteiger partial charge in [0.15, 0.2) is 11.5 Å². The first-order chi connectivity index (χ1) is 10.6. The van der Waals surface area contributed by atoms with E-state index in [4.69, 9.17) is 9.47 Å². The van der Waals surface area contributed by atoms with Gasteiger partial charge in [-0.25, -0.2) is 0 Å². The summed E-state index contributed by atoms with van der Waals surface area (Å²) in [6, 6.07) is 4.81. The Balaban J connectivity index is 1.92. The first-order valence-electron chi connectivity index (χ1n) is 6.54. The second-order valence-corrected chi connectivity index (χ2v) is 5.35. The summed E-state index contributed by atoms with van der Waals surface area (Å²) in [6.07, 6.45) is 0. The third-order valence-corrected chi connectivity index (χ3v) is 3.97. The molecule has 0 aliphatic carbocycles. The maximum absolute atomic E-state index is 12.0. The first-order valence-corrected chi connectivity index (χ1v) is 7.52. The van der Waals surface area contributed by atoms with Crippen LogP contribution in [0.15, 0.2) is 18.2 Å². The van der Waals surface area contributed by atoms with Crippen molar-refractivity contribution in [2.75, 3.05) is 33.1 Å². The lowest BCUT2D eigenvalue weighted by atomic mass is 10.2. The Bertz CT molecular complexity index is 589. The van der Waals surface area contributed by atoms with Gasteiger partial charge < -0.3 is 14.8 Å². The number of methoxy groups -OCH3 is 2. The quantitative estimate of drug-likeness (QED) is 0.844. The van der Waals surface area contributed by atoms with Crippen LogP contribution in [0.5, 0.6) is 11.5 Å². The summed E-state index contributed by atoms with van der Waals surface area (Å²) in [4.78, 5) is 36.0. The Hall–Kier alpha value is -2.22. The number of rotatable bonds is 6. The van der Waals surface area contributed by atoms with Gasteiger partial charge in [-0.3, -0.25) is 19.3 Å². The molecule has 8 heteroatoms. The Morgan fingerprint density at radius 2 is 2.00 bits per heavy atom. The molecule has 2 rings (SSSR count). The number of amides is 3. The summed E-state index contributed by atoms with van der Waals surface area (Å²) in [6.45, 7) is 0.370. The van der Waals surface area contributed by atoms with Gasteiger partial charge in [-0.2, -0.15) is 0 Å². The lowest BCUT2D eigenvalue weighted by Crippen LogP contribution is -2.37. The van der Waals surface area contributed by atoms with Crippen LogP contribution < -0.4 is 14.8 Å². The van der Waals surface area contributed by atoms with Crippen LogP contribution >= 0.6 is 11.8 Å². The molecule has 22 heavy (non-hydrogen) atoms. The van der Waals surface area contributed by atoms with E-state index in [0.717, 1.165) is 16.7 Å². The highest BCUT2D eigenvalue weighted by molar-refractivity contribution is 8.14. The van der Waals surface area contributed by atoms with Crippen molar-refractivity contribution in [1.29, 1.82) is 0 Å². The highest BCUT2D eigenvalue weighted by atomic mass is 32.2. The Morgan fingerprint density at radius 1 is 1.27 bits per heavy atom. The van der Waals surface area contributed by atoms with Crippen molar-refractivity contribution in [1.82, 2.24) is 10.2 Å². The predicted octanol–water partition coefficient (Wildman–Crippen LogP) is 1.13. The summed E-state index contributed by atoms with van der Waals surface area (Å²) in [5.74, 6) is 0.617. The molecule has 1 aromatic rings. The fourth-order valence-corrected chi connectivity index (χ4v) is 2.71. The fourth-order valence-electron chi connectivity index (χ4n) is 1.96. The van der Waals surface area contributed by atoms with E-state index in [1.165, 1.54) is 14.2 Å². The number of benzene rings is 1. The number of nitrogens with zero attached hydrogens (tertiary/aromatic N) is 1. The van der Waals surface area contributed by atoms with Crippen LogP contribution in [-0.2, 0) is 4.79 Å². The van der Waals surface area contributed by atoms with E-state index in [1.807, 2.05) is 0 Å². The largest absolute Gasteiger partial charge is 0.493 e. The van der Waals surface area contributed by atoms with Crippen LogP contribution in [-0.4, -0.2) is 55.0 Å². The molecule has 1 heterocycles. The van der Waals surface area contributed by atoms with Crippen molar-refractivity contribution >= 4 is 28.8 Å². The molecular formula is C14H16N2O5S. The number of hydrogen-bond acceptors (Lipinski definition) is 6. The fraction of sp³-hybridized carbons (Fsp3) is 0.357. The zero-order chi connectivity index (χ0) is 16.1. The second-order valence-electron chi connectivity index (χ2n) is 4.43. The molecular weight excluding hydrogens is 308 g/mol. The molecule has 0 saturated carbocycles. The minimum atomic E-state index is -0.312. The minimum absolute atomic E-state index is 0.169. The zero-order valence-electron chi connectivity index (χ0n) is 12.3. The van der Waals surface area contributed by atoms with Crippen molar-refractivity contribution in [3.63, 3.8) is 0 Å². The lowest BCUT2D eigenvalue weighted by molar-refractivity contribution is -0.124. The molecule has 0 spiro atoms. The summed E-state index contributed by atoms with van der Waals surface area (Å²) in [5, 5.41) is 2.39. The minimum Gasteiger partial charge on any atom is -0.493 e. The number of ether oxygens (including phenoxy) is 2. The van der Waals surface area contributed by atoms with Crippen LogP contribution in [0.1, 0.15) is 10.4 Å². The van der Waals surface area contributed by atoms with Crippen molar-refractivity contribution in [2.45, 2.75) is 0 Å². The summed E-state index contributed by atoms with van der Waals surface area (Å²) in [5.41, 5.74) is 0.408. The van der Waals surface area contributed by atoms with Gasteiger partial charge in [0.25, 0.3) is 11.1 Å². The molecule has 7 nitrogen and oxygen atoms in total. The molecule has 1 saturated heterocycles. The number of imide groups is 1. The summed E-state index contributed by atoms with van der Waals surface area (Å²) in [7, 11) is 3.00. The predicted molar refractivity (Wildman–Crippen MR) is 81.4 cm³/mol. The van der Waals surface area contributed by atoms with Gasteiger partial charge in [-0.05, 0) is 18.2 Å². The van der Waals surface area contributed by atoms with E-state index in [-0.39, 0.29) is 35.9 Å². The summed E-state index contributed by atoms with van der Waals surface area (Å²) >= 11 is 0.972. The van der Waals surface area contributed by atoms with E-state index in [1.54, 1.807) is 18.2 Å². The van der Waals surface area contributed by atoms with Gasteiger partial charge in [0.2, 0.25) is 5.91 Å². The average molecular weight is 324 g/mol. The molecule has 0 unspecified atom stereocenters. The maximum Gasteiger partial charge on any atom is 0.288 e. The number of carbonyl (C=O) groups is 3. The first kappa shape index (κ1) is 16.2. The van der Waals surface area contributed by atoms with Gasteiger partial charge in [0.1, 0.15) is 0 Å². The highest BCUT2D eigenvalue weighted by Gasteiger charge is 2.29. The average Bonchev–Trinajstić information content (AvgIpc) is 2.85. The maximum atomic E-state index is 12.0. The molecule has 0 bridgehead atoms. The van der Waals surface area contributed by atoms with Crippen LogP contribution in [0.4, 0.5) is 4.79 Å². The number of nitrogens with one attached hydrogen (secondary N) is 1. The van der Waals surface area contributed by atoms with Gasteiger partial charge in [0, 0.05) is 18.7 Å². The van der Waals surface area contributed by atoms with Crippen LogP contribution in [0.25, 0.3) is 0 Å². The van der Waals surface area contributed by atoms with Gasteiger partial charge >= 0.3 is 0 Å². The van der Waals surface area contributed by atoms with E-state index in [9.17, 15) is 14.4 Å². The van der Waals surface area contributed by atoms with Crippen molar-refractivity contribution in [3.05, 3.63) is 23.8 Å². The topological polar surface area (TPSA) is 84.9 Å². The Labute approximate surface area is 131 Å². The normalized spacial score (nSPS) is 14.2. The third kappa shape index (κ3) is 3.51. The highest BCUT2D eigenvalue weighted by Crippen LogP contribution is 2.27. The summed E-state index contributed by atoms with van der Waals surface area (Å²) < 4.78 is 10.2. The lowest BCUT2D eigenvalue weighted by Gasteiger charge is -2.13. The smallest absolute Gasteiger partial charge is 0.288 e. The van der Waals surface area contributed by atoms with Crippen LogP contribution in [0, 0.1) is 0 Å². The molecule has 1 aliphatic rings. The standard InChI is InChI=1S/C14H16N2O5S/c1-20-10-4-3-9(7-11(10)21-2)13(18)15-5-6-16-12(17)8-22-14(16)19/h3-4,7H,5-6,8H2,1-2H3,(H,15,18). The molecule has 1 aliphatic heterocycles. The molecule has 0 aromatic heterocycles. The zero-order valence-corrected chi connectivity index (χ0v) is 13.1. The Kier molecular flexibility index (Phi) is 5.26. The molecule has 3 amide bonds. The monoisotopic (exact) mass is 324 g/mol. The SMILES string of the molecule is COc1ccc(C(=O)NCCN2C(=O)CSC2=O)cc1OC. The van der Waals surface area contributed by atoms with Crippen molar-refractivity contribution in [2.24, 2.45) is 0 Å². The third-order valence-electron chi connectivity index (χ3n) is 3.11. The van der Waals surface area contributed by atoms with E-state index >= 15 is 0 Å². The van der Waals surface area contributed by atoms with Crippen molar-refractivity contribution < 1.29 is 23.9 Å². The number of thioether (sulfide) groups is 1. The second kappa shape index (κ2) is 7.17.